The van der Waals surface area contributed by atoms with Gasteiger partial charge in [-0.3, -0.25) is 4.79 Å². The molecule has 0 radical (unpaired) electrons. The van der Waals surface area contributed by atoms with Crippen molar-refractivity contribution in [3.63, 3.8) is 0 Å². The lowest BCUT2D eigenvalue weighted by Crippen LogP contribution is -2.38. The van der Waals surface area contributed by atoms with Crippen molar-refractivity contribution in [3.8, 4) is 11.5 Å². The van der Waals surface area contributed by atoms with Gasteiger partial charge in [0.25, 0.3) is 5.91 Å². The standard InChI is InChI=1S/C13H19NO4/c1-3-17-11-4-6-12(7-5-11)18-9-13(16)14-10(2)8-15/h4-7,10,15H,3,8-9H2,1-2H3,(H,14,16)/t10-/m1/s1. The lowest BCUT2D eigenvalue weighted by atomic mass is 10.3. The smallest absolute Gasteiger partial charge is 0.258 e. The molecule has 0 heterocycles. The first-order valence-electron chi connectivity index (χ1n) is 5.91. The summed E-state index contributed by atoms with van der Waals surface area (Å²) in [5.74, 6) is 1.11. The molecule has 100 valence electrons. The molecule has 0 saturated carbocycles. The van der Waals surface area contributed by atoms with Crippen molar-refractivity contribution in [2.24, 2.45) is 0 Å². The van der Waals surface area contributed by atoms with Crippen LogP contribution in [0.25, 0.3) is 0 Å². The van der Waals surface area contributed by atoms with Crippen molar-refractivity contribution in [2.45, 2.75) is 19.9 Å². The summed E-state index contributed by atoms with van der Waals surface area (Å²) in [6.07, 6.45) is 0. The van der Waals surface area contributed by atoms with E-state index < -0.39 is 0 Å². The molecule has 2 N–H and O–H groups in total. The number of aliphatic hydroxyl groups excluding tert-OH is 1. The van der Waals surface area contributed by atoms with Gasteiger partial charge in [0.2, 0.25) is 0 Å². The second kappa shape index (κ2) is 7.55. The molecule has 18 heavy (non-hydrogen) atoms. The molecule has 1 amide bonds. The summed E-state index contributed by atoms with van der Waals surface area (Å²) < 4.78 is 10.6. The normalized spacial score (nSPS) is 11.7. The molecular weight excluding hydrogens is 234 g/mol. The van der Waals surface area contributed by atoms with Crippen LogP contribution in [-0.4, -0.2) is 36.9 Å². The monoisotopic (exact) mass is 253 g/mol. The molecule has 0 aliphatic carbocycles. The van der Waals surface area contributed by atoms with Crippen molar-refractivity contribution >= 4 is 5.91 Å². The van der Waals surface area contributed by atoms with Crippen molar-refractivity contribution in [2.75, 3.05) is 19.8 Å². The Morgan fingerprint density at radius 1 is 1.28 bits per heavy atom. The molecule has 5 nitrogen and oxygen atoms in total. The van der Waals surface area contributed by atoms with Crippen molar-refractivity contribution in [3.05, 3.63) is 24.3 Å². The second-order valence-corrected chi connectivity index (χ2v) is 3.84. The van der Waals surface area contributed by atoms with Crippen molar-refractivity contribution in [1.82, 2.24) is 5.32 Å². The number of hydrogen-bond acceptors (Lipinski definition) is 4. The summed E-state index contributed by atoms with van der Waals surface area (Å²) in [4.78, 5) is 11.4. The Hall–Kier alpha value is -1.75. The predicted molar refractivity (Wildman–Crippen MR) is 67.8 cm³/mol. The minimum atomic E-state index is -0.263. The number of ether oxygens (including phenoxy) is 2. The molecule has 1 aromatic carbocycles. The first-order chi connectivity index (χ1) is 8.65. The molecule has 0 spiro atoms. The lowest BCUT2D eigenvalue weighted by molar-refractivity contribution is -0.123. The van der Waals surface area contributed by atoms with Crippen LogP contribution < -0.4 is 14.8 Å². The summed E-state index contributed by atoms with van der Waals surface area (Å²) >= 11 is 0. The topological polar surface area (TPSA) is 67.8 Å². The lowest BCUT2D eigenvalue weighted by Gasteiger charge is -2.11. The number of carbonyl (C=O) groups excluding carboxylic acids is 1. The van der Waals surface area contributed by atoms with E-state index in [-0.39, 0.29) is 25.2 Å². The molecule has 1 atom stereocenters. The molecule has 0 fully saturated rings. The van der Waals surface area contributed by atoms with E-state index in [1.807, 2.05) is 6.92 Å². The van der Waals surface area contributed by atoms with Crippen LogP contribution in [0, 0.1) is 0 Å². The summed E-state index contributed by atoms with van der Waals surface area (Å²) in [5.41, 5.74) is 0. The SMILES string of the molecule is CCOc1ccc(OCC(=O)N[C@H](C)CO)cc1. The maximum absolute atomic E-state index is 11.4. The van der Waals surface area contributed by atoms with Gasteiger partial charge in [-0.1, -0.05) is 0 Å². The molecular formula is C13H19NO4. The highest BCUT2D eigenvalue weighted by Crippen LogP contribution is 2.17. The molecule has 5 heteroatoms. The highest BCUT2D eigenvalue weighted by molar-refractivity contribution is 5.77. The fraction of sp³-hybridized carbons (Fsp3) is 0.462. The third-order valence-electron chi connectivity index (χ3n) is 2.19. The van der Waals surface area contributed by atoms with Crippen LogP contribution in [0.2, 0.25) is 0 Å². The highest BCUT2D eigenvalue weighted by atomic mass is 16.5. The predicted octanol–water partition coefficient (Wildman–Crippen LogP) is 0.961. The molecule has 0 unspecified atom stereocenters. The van der Waals surface area contributed by atoms with Crippen LogP contribution >= 0.6 is 0 Å². The second-order valence-electron chi connectivity index (χ2n) is 3.84. The fourth-order valence-electron chi connectivity index (χ4n) is 1.31. The molecule has 1 aromatic rings. The van der Waals surface area contributed by atoms with Gasteiger partial charge in [-0.25, -0.2) is 0 Å². The number of nitrogens with one attached hydrogen (secondary N) is 1. The van der Waals surface area contributed by atoms with Crippen molar-refractivity contribution < 1.29 is 19.4 Å². The Labute approximate surface area is 107 Å². The Kier molecular flexibility index (Phi) is 6.00. The number of aliphatic hydroxyl groups is 1. The van der Waals surface area contributed by atoms with Gasteiger partial charge < -0.3 is 19.9 Å². The van der Waals surface area contributed by atoms with E-state index in [2.05, 4.69) is 5.32 Å². The van der Waals surface area contributed by atoms with Gasteiger partial charge in [-0.15, -0.1) is 0 Å². The zero-order valence-electron chi connectivity index (χ0n) is 10.7. The Morgan fingerprint density at radius 3 is 2.33 bits per heavy atom. The zero-order valence-corrected chi connectivity index (χ0v) is 10.7. The quantitative estimate of drug-likeness (QED) is 0.759. The molecule has 0 aliphatic rings. The molecule has 0 bridgehead atoms. The average Bonchev–Trinajstić information content (AvgIpc) is 2.38. The number of amides is 1. The van der Waals surface area contributed by atoms with Crippen molar-refractivity contribution in [1.29, 1.82) is 0 Å². The minimum Gasteiger partial charge on any atom is -0.494 e. The Morgan fingerprint density at radius 2 is 1.83 bits per heavy atom. The Balaban J connectivity index is 2.36. The highest BCUT2D eigenvalue weighted by Gasteiger charge is 2.06. The maximum atomic E-state index is 11.4. The fourth-order valence-corrected chi connectivity index (χ4v) is 1.31. The minimum absolute atomic E-state index is 0.0711. The van der Waals surface area contributed by atoms with Crippen LogP contribution in [0.4, 0.5) is 0 Å². The van der Waals surface area contributed by atoms with Crippen LogP contribution in [-0.2, 0) is 4.79 Å². The molecule has 0 aromatic heterocycles. The first kappa shape index (κ1) is 14.3. The van der Waals surface area contributed by atoms with Gasteiger partial charge in [0, 0.05) is 6.04 Å². The Bertz CT molecular complexity index is 364. The number of carbonyl (C=O) groups is 1. The van der Waals surface area contributed by atoms with Gasteiger partial charge in [0.1, 0.15) is 11.5 Å². The summed E-state index contributed by atoms with van der Waals surface area (Å²) in [5, 5.41) is 11.4. The van der Waals surface area contributed by atoms with Gasteiger partial charge in [0.15, 0.2) is 6.61 Å². The van der Waals surface area contributed by atoms with E-state index in [0.29, 0.717) is 12.4 Å². The largest absolute Gasteiger partial charge is 0.494 e. The average molecular weight is 253 g/mol. The van der Waals surface area contributed by atoms with E-state index in [1.165, 1.54) is 0 Å². The van der Waals surface area contributed by atoms with E-state index >= 15 is 0 Å². The van der Waals surface area contributed by atoms with Gasteiger partial charge in [-0.05, 0) is 38.1 Å². The summed E-state index contributed by atoms with van der Waals surface area (Å²) in [6.45, 7) is 4.08. The molecule has 0 aliphatic heterocycles. The molecule has 1 rings (SSSR count). The van der Waals surface area contributed by atoms with Gasteiger partial charge >= 0.3 is 0 Å². The van der Waals surface area contributed by atoms with Crippen LogP contribution in [0.1, 0.15) is 13.8 Å². The third-order valence-corrected chi connectivity index (χ3v) is 2.19. The van der Waals surface area contributed by atoms with Crippen LogP contribution in [0.3, 0.4) is 0 Å². The van der Waals surface area contributed by atoms with Crippen LogP contribution in [0.15, 0.2) is 24.3 Å². The van der Waals surface area contributed by atoms with E-state index in [9.17, 15) is 4.79 Å². The van der Waals surface area contributed by atoms with E-state index in [4.69, 9.17) is 14.6 Å². The number of rotatable bonds is 7. The van der Waals surface area contributed by atoms with Crippen LogP contribution in [0.5, 0.6) is 11.5 Å². The van der Waals surface area contributed by atoms with Gasteiger partial charge in [0.05, 0.1) is 13.2 Å². The number of benzene rings is 1. The third kappa shape index (κ3) is 5.05. The van der Waals surface area contributed by atoms with Gasteiger partial charge in [-0.2, -0.15) is 0 Å². The van der Waals surface area contributed by atoms with E-state index in [0.717, 1.165) is 5.75 Å². The van der Waals surface area contributed by atoms with E-state index in [1.54, 1.807) is 31.2 Å². The maximum Gasteiger partial charge on any atom is 0.258 e. The zero-order chi connectivity index (χ0) is 13.4. The summed E-state index contributed by atoms with van der Waals surface area (Å²) in [7, 11) is 0. The molecule has 0 saturated heterocycles. The summed E-state index contributed by atoms with van der Waals surface area (Å²) in [6, 6.07) is 6.79. The number of hydrogen-bond donors (Lipinski definition) is 2. The first-order valence-corrected chi connectivity index (χ1v) is 5.91.